The molecular formula is C16H26O2. The summed E-state index contributed by atoms with van der Waals surface area (Å²) in [6.07, 6.45) is 8.55. The lowest BCUT2D eigenvalue weighted by Gasteiger charge is -2.42. The molecule has 2 aliphatic carbocycles. The van der Waals surface area contributed by atoms with Crippen LogP contribution in [-0.4, -0.2) is 5.97 Å². The predicted molar refractivity (Wildman–Crippen MR) is 72.9 cm³/mol. The average molecular weight is 250 g/mol. The lowest BCUT2D eigenvalue weighted by atomic mass is 9.62. The number of esters is 1. The standard InChI is InChI=1S/C16H26O2/c1-12(18-13(2)17)7-10-16-11-15(16,5)9-6-8-14(16,3)4/h7H,6,8-11H2,1-5H3/b12-7+. The average Bonchev–Trinajstić information content (AvgIpc) is 2.82. The fourth-order valence-electron chi connectivity index (χ4n) is 4.35. The molecule has 0 aromatic rings. The first kappa shape index (κ1) is 13.6. The zero-order valence-corrected chi connectivity index (χ0v) is 12.4. The van der Waals surface area contributed by atoms with E-state index in [1.807, 2.05) is 6.92 Å². The van der Waals surface area contributed by atoms with E-state index in [9.17, 15) is 4.79 Å². The van der Waals surface area contributed by atoms with Gasteiger partial charge in [0.2, 0.25) is 0 Å². The Hall–Kier alpha value is -0.790. The van der Waals surface area contributed by atoms with E-state index >= 15 is 0 Å². The van der Waals surface area contributed by atoms with Gasteiger partial charge in [0.25, 0.3) is 0 Å². The molecule has 2 rings (SSSR count). The number of rotatable bonds is 3. The molecule has 102 valence electrons. The van der Waals surface area contributed by atoms with Gasteiger partial charge in [0, 0.05) is 6.92 Å². The van der Waals surface area contributed by atoms with Gasteiger partial charge in [-0.05, 0) is 54.9 Å². The van der Waals surface area contributed by atoms with Crippen LogP contribution in [-0.2, 0) is 9.53 Å². The zero-order valence-electron chi connectivity index (χ0n) is 12.4. The van der Waals surface area contributed by atoms with Gasteiger partial charge in [-0.15, -0.1) is 0 Å². The first-order valence-corrected chi connectivity index (χ1v) is 7.08. The van der Waals surface area contributed by atoms with E-state index in [0.717, 1.165) is 12.2 Å². The largest absolute Gasteiger partial charge is 0.432 e. The lowest BCUT2D eigenvalue weighted by molar-refractivity contribution is -0.136. The summed E-state index contributed by atoms with van der Waals surface area (Å²) in [6, 6.07) is 0. The molecule has 18 heavy (non-hydrogen) atoms. The van der Waals surface area contributed by atoms with E-state index in [0.29, 0.717) is 16.2 Å². The SMILES string of the molecule is CC(=O)O/C(C)=C/CC12CC1(C)CCCC2(C)C. The molecule has 0 aliphatic heterocycles. The molecule has 0 heterocycles. The van der Waals surface area contributed by atoms with Crippen molar-refractivity contribution in [2.24, 2.45) is 16.2 Å². The van der Waals surface area contributed by atoms with Crippen LogP contribution in [0, 0.1) is 16.2 Å². The summed E-state index contributed by atoms with van der Waals surface area (Å²) in [6.45, 7) is 10.6. The maximum absolute atomic E-state index is 10.9. The first-order chi connectivity index (χ1) is 8.22. The molecule has 2 nitrogen and oxygen atoms in total. The monoisotopic (exact) mass is 250 g/mol. The Bertz CT molecular complexity index is 394. The summed E-state index contributed by atoms with van der Waals surface area (Å²) in [5.74, 6) is 0.537. The highest BCUT2D eigenvalue weighted by Crippen LogP contribution is 2.79. The summed E-state index contributed by atoms with van der Waals surface area (Å²) in [7, 11) is 0. The Morgan fingerprint density at radius 2 is 1.89 bits per heavy atom. The van der Waals surface area contributed by atoms with Gasteiger partial charge in [-0.25, -0.2) is 0 Å². The zero-order chi connectivity index (χ0) is 13.6. The fourth-order valence-corrected chi connectivity index (χ4v) is 4.35. The van der Waals surface area contributed by atoms with E-state index in [1.165, 1.54) is 32.6 Å². The van der Waals surface area contributed by atoms with E-state index in [-0.39, 0.29) is 5.97 Å². The van der Waals surface area contributed by atoms with Crippen LogP contribution in [0.25, 0.3) is 0 Å². The number of fused-ring (bicyclic) bond motifs is 1. The van der Waals surface area contributed by atoms with E-state index in [1.54, 1.807) is 0 Å². The molecule has 0 radical (unpaired) electrons. The van der Waals surface area contributed by atoms with Crippen LogP contribution in [0.1, 0.15) is 66.7 Å². The summed E-state index contributed by atoms with van der Waals surface area (Å²) in [5, 5.41) is 0. The summed E-state index contributed by atoms with van der Waals surface area (Å²) >= 11 is 0. The molecule has 0 N–H and O–H groups in total. The molecular weight excluding hydrogens is 224 g/mol. The third-order valence-electron chi connectivity index (χ3n) is 5.59. The topological polar surface area (TPSA) is 26.3 Å². The van der Waals surface area contributed by atoms with Gasteiger partial charge in [-0.1, -0.05) is 27.2 Å². The van der Waals surface area contributed by atoms with Crippen LogP contribution < -0.4 is 0 Å². The van der Waals surface area contributed by atoms with Crippen LogP contribution in [0.4, 0.5) is 0 Å². The fraction of sp³-hybridized carbons (Fsp3) is 0.812. The quantitative estimate of drug-likeness (QED) is 0.546. The second kappa shape index (κ2) is 4.11. The summed E-state index contributed by atoms with van der Waals surface area (Å²) in [4.78, 5) is 10.9. The van der Waals surface area contributed by atoms with Crippen molar-refractivity contribution in [1.82, 2.24) is 0 Å². The van der Waals surface area contributed by atoms with Crippen molar-refractivity contribution in [2.45, 2.75) is 66.7 Å². The molecule has 2 unspecified atom stereocenters. The van der Waals surface area contributed by atoms with E-state index in [2.05, 4.69) is 26.8 Å². The van der Waals surface area contributed by atoms with Crippen LogP contribution >= 0.6 is 0 Å². The molecule has 0 aromatic carbocycles. The Kier molecular flexibility index (Phi) is 3.11. The van der Waals surface area contributed by atoms with Crippen molar-refractivity contribution in [2.75, 3.05) is 0 Å². The smallest absolute Gasteiger partial charge is 0.307 e. The van der Waals surface area contributed by atoms with E-state index < -0.39 is 0 Å². The number of hydrogen-bond donors (Lipinski definition) is 0. The van der Waals surface area contributed by atoms with Gasteiger partial charge >= 0.3 is 5.97 Å². The van der Waals surface area contributed by atoms with Crippen LogP contribution in [0.5, 0.6) is 0 Å². The van der Waals surface area contributed by atoms with Gasteiger partial charge in [-0.2, -0.15) is 0 Å². The van der Waals surface area contributed by atoms with E-state index in [4.69, 9.17) is 4.74 Å². The molecule has 2 aliphatic rings. The van der Waals surface area contributed by atoms with Crippen molar-refractivity contribution in [1.29, 1.82) is 0 Å². The molecule has 2 heteroatoms. The van der Waals surface area contributed by atoms with Gasteiger partial charge in [-0.3, -0.25) is 4.79 Å². The lowest BCUT2D eigenvalue weighted by Crippen LogP contribution is -2.34. The van der Waals surface area contributed by atoms with Crippen molar-refractivity contribution < 1.29 is 9.53 Å². The molecule has 0 bridgehead atoms. The molecule has 0 aromatic heterocycles. The number of carbonyl (C=O) groups excluding carboxylic acids is 1. The molecule has 0 amide bonds. The van der Waals surface area contributed by atoms with Crippen molar-refractivity contribution in [3.8, 4) is 0 Å². The predicted octanol–water partition coefficient (Wildman–Crippen LogP) is 4.45. The normalized spacial score (nSPS) is 37.9. The van der Waals surface area contributed by atoms with Gasteiger partial charge in [0.15, 0.2) is 0 Å². The second-order valence-corrected chi connectivity index (χ2v) is 7.17. The first-order valence-electron chi connectivity index (χ1n) is 7.08. The minimum Gasteiger partial charge on any atom is -0.432 e. The maximum Gasteiger partial charge on any atom is 0.307 e. The third kappa shape index (κ3) is 2.00. The van der Waals surface area contributed by atoms with Crippen molar-refractivity contribution >= 4 is 5.97 Å². The molecule has 2 atom stereocenters. The van der Waals surface area contributed by atoms with Crippen LogP contribution in [0.2, 0.25) is 0 Å². The van der Waals surface area contributed by atoms with Gasteiger partial charge in [0.1, 0.15) is 5.76 Å². The van der Waals surface area contributed by atoms with Crippen molar-refractivity contribution in [3.63, 3.8) is 0 Å². The van der Waals surface area contributed by atoms with Crippen LogP contribution in [0.15, 0.2) is 11.8 Å². The minimum atomic E-state index is -0.220. The summed E-state index contributed by atoms with van der Waals surface area (Å²) < 4.78 is 5.13. The van der Waals surface area contributed by atoms with Crippen LogP contribution in [0.3, 0.4) is 0 Å². The number of carbonyl (C=O) groups is 1. The van der Waals surface area contributed by atoms with Gasteiger partial charge in [0.05, 0.1) is 0 Å². The minimum absolute atomic E-state index is 0.220. The number of allylic oxidation sites excluding steroid dienone is 2. The highest BCUT2D eigenvalue weighted by molar-refractivity contribution is 5.67. The Morgan fingerprint density at radius 1 is 1.22 bits per heavy atom. The molecule has 2 saturated carbocycles. The highest BCUT2D eigenvalue weighted by Gasteiger charge is 2.70. The molecule has 0 saturated heterocycles. The Balaban J connectivity index is 2.11. The Labute approximate surface area is 111 Å². The number of ether oxygens (including phenoxy) is 1. The summed E-state index contributed by atoms with van der Waals surface area (Å²) in [5.41, 5.74) is 1.36. The maximum atomic E-state index is 10.9. The third-order valence-corrected chi connectivity index (χ3v) is 5.59. The van der Waals surface area contributed by atoms with Crippen molar-refractivity contribution in [3.05, 3.63) is 11.8 Å². The molecule has 0 spiro atoms. The molecule has 2 fully saturated rings. The second-order valence-electron chi connectivity index (χ2n) is 7.17. The number of hydrogen-bond acceptors (Lipinski definition) is 2. The van der Waals surface area contributed by atoms with Gasteiger partial charge < -0.3 is 4.74 Å². The highest BCUT2D eigenvalue weighted by atomic mass is 16.5. The Morgan fingerprint density at radius 3 is 2.44 bits per heavy atom.